The van der Waals surface area contributed by atoms with Gasteiger partial charge in [-0.1, -0.05) is 0 Å². The number of hydrogen-bond acceptors (Lipinski definition) is 4. The van der Waals surface area contributed by atoms with Gasteiger partial charge in [0.25, 0.3) is 0 Å². The highest BCUT2D eigenvalue weighted by Gasteiger charge is 2.36. The van der Waals surface area contributed by atoms with Crippen molar-refractivity contribution in [2.24, 2.45) is 0 Å². The van der Waals surface area contributed by atoms with Crippen LogP contribution in [0.2, 0.25) is 0 Å². The number of benzene rings is 1. The lowest BCUT2D eigenvalue weighted by Gasteiger charge is -2.20. The molecule has 1 heterocycles. The van der Waals surface area contributed by atoms with Crippen LogP contribution < -0.4 is 11.1 Å². The third-order valence-corrected chi connectivity index (χ3v) is 4.07. The molecule has 0 atom stereocenters. The summed E-state index contributed by atoms with van der Waals surface area (Å²) in [4.78, 5) is 10.6. The van der Waals surface area contributed by atoms with Crippen LogP contribution in [-0.4, -0.2) is 20.1 Å². The Hall–Kier alpha value is -1.77. The van der Waals surface area contributed by atoms with E-state index in [0.717, 1.165) is 0 Å². The van der Waals surface area contributed by atoms with E-state index in [1.807, 2.05) is 0 Å². The van der Waals surface area contributed by atoms with Gasteiger partial charge in [0, 0.05) is 0 Å². The monoisotopic (exact) mass is 280 g/mol. The second-order valence-electron chi connectivity index (χ2n) is 3.75. The van der Waals surface area contributed by atoms with E-state index in [1.54, 1.807) is 0 Å². The number of halogens is 3. The predicted octanol–water partition coefficient (Wildman–Crippen LogP) is 1.01. The Kier molecular flexibility index (Phi) is 2.54. The number of hydrogen-bond donors (Lipinski definition) is 2. The lowest BCUT2D eigenvalue weighted by molar-refractivity contribution is -0.137. The van der Waals surface area contributed by atoms with Crippen molar-refractivity contribution in [2.75, 3.05) is 16.8 Å². The molecule has 0 fully saturated rings. The summed E-state index contributed by atoms with van der Waals surface area (Å²) in [5.74, 6) is -1.71. The van der Waals surface area contributed by atoms with E-state index in [0.29, 0.717) is 12.1 Å². The molecule has 1 aliphatic rings. The number of nitrogen functional groups attached to an aromatic ring is 1. The van der Waals surface area contributed by atoms with Crippen LogP contribution in [0.4, 0.5) is 24.5 Å². The normalized spacial score (nSPS) is 18.1. The Bertz CT molecular complexity index is 637. The van der Waals surface area contributed by atoms with Gasteiger partial charge in [0.15, 0.2) is 9.84 Å². The van der Waals surface area contributed by atoms with E-state index >= 15 is 0 Å². The average Bonchev–Trinajstić information content (AvgIpc) is 2.11. The van der Waals surface area contributed by atoms with Crippen molar-refractivity contribution in [1.29, 1.82) is 0 Å². The molecular formula is C9H7F3N2O3S. The summed E-state index contributed by atoms with van der Waals surface area (Å²) in [5.41, 5.74) is 3.25. The van der Waals surface area contributed by atoms with Crippen molar-refractivity contribution < 1.29 is 26.4 Å². The molecule has 0 saturated carbocycles. The highest BCUT2D eigenvalue weighted by molar-refractivity contribution is 7.92. The quantitative estimate of drug-likeness (QED) is 0.694. The van der Waals surface area contributed by atoms with Crippen LogP contribution >= 0.6 is 0 Å². The lowest BCUT2D eigenvalue weighted by Crippen LogP contribution is -2.30. The fourth-order valence-electron chi connectivity index (χ4n) is 1.69. The average molecular weight is 280 g/mol. The number of carbonyl (C=O) groups excluding carboxylic acids is 1. The molecule has 0 unspecified atom stereocenters. The van der Waals surface area contributed by atoms with E-state index < -0.39 is 49.5 Å². The third kappa shape index (κ3) is 2.01. The van der Waals surface area contributed by atoms with Gasteiger partial charge in [-0.2, -0.15) is 13.2 Å². The number of nitrogens with one attached hydrogen (secondary N) is 1. The molecule has 1 aromatic carbocycles. The SMILES string of the molecule is Nc1cc(C(F)(F)F)cc2c1S(=O)(=O)CC(=O)N2. The Morgan fingerprint density at radius 1 is 1.28 bits per heavy atom. The van der Waals surface area contributed by atoms with Crippen LogP contribution in [-0.2, 0) is 20.8 Å². The molecule has 0 radical (unpaired) electrons. The second-order valence-corrected chi connectivity index (χ2v) is 5.67. The van der Waals surface area contributed by atoms with Gasteiger partial charge in [0.05, 0.1) is 16.9 Å². The van der Waals surface area contributed by atoms with E-state index in [4.69, 9.17) is 5.73 Å². The van der Waals surface area contributed by atoms with E-state index in [1.165, 1.54) is 0 Å². The lowest BCUT2D eigenvalue weighted by atomic mass is 10.1. The summed E-state index contributed by atoms with van der Waals surface area (Å²) in [5, 5.41) is 2.07. The molecule has 2 rings (SSSR count). The number of rotatable bonds is 0. The van der Waals surface area contributed by atoms with Gasteiger partial charge in [-0.05, 0) is 12.1 Å². The molecule has 0 bridgehead atoms. The molecule has 3 N–H and O–H groups in total. The van der Waals surface area contributed by atoms with Crippen LogP contribution in [0.25, 0.3) is 0 Å². The summed E-state index contributed by atoms with van der Waals surface area (Å²) >= 11 is 0. The van der Waals surface area contributed by atoms with Crippen LogP contribution in [0.3, 0.4) is 0 Å². The van der Waals surface area contributed by atoms with E-state index in [9.17, 15) is 26.4 Å². The fourth-order valence-corrected chi connectivity index (χ4v) is 3.11. The highest BCUT2D eigenvalue weighted by Crippen LogP contribution is 2.38. The predicted molar refractivity (Wildman–Crippen MR) is 56.5 cm³/mol. The minimum absolute atomic E-state index is 0.432. The summed E-state index contributed by atoms with van der Waals surface area (Å²) < 4.78 is 60.8. The van der Waals surface area contributed by atoms with Crippen LogP contribution in [0, 0.1) is 0 Å². The number of amides is 1. The number of alkyl halides is 3. The Balaban J connectivity index is 2.73. The molecule has 0 aromatic heterocycles. The van der Waals surface area contributed by atoms with Gasteiger partial charge in [-0.25, -0.2) is 8.42 Å². The number of fused-ring (bicyclic) bond motifs is 1. The Morgan fingerprint density at radius 3 is 2.44 bits per heavy atom. The number of anilines is 2. The molecule has 1 amide bonds. The zero-order valence-electron chi connectivity index (χ0n) is 8.71. The first-order valence-electron chi connectivity index (χ1n) is 4.64. The van der Waals surface area contributed by atoms with Crippen LogP contribution in [0.1, 0.15) is 5.56 Å². The number of carbonyl (C=O) groups is 1. The molecule has 0 aliphatic carbocycles. The number of nitrogens with two attached hydrogens (primary N) is 1. The zero-order valence-corrected chi connectivity index (χ0v) is 9.52. The van der Waals surface area contributed by atoms with Gasteiger partial charge in [-0.15, -0.1) is 0 Å². The molecule has 9 heteroatoms. The maximum absolute atomic E-state index is 12.5. The molecule has 18 heavy (non-hydrogen) atoms. The minimum Gasteiger partial charge on any atom is -0.398 e. The van der Waals surface area contributed by atoms with Crippen molar-refractivity contribution in [1.82, 2.24) is 0 Å². The minimum atomic E-state index is -4.67. The topological polar surface area (TPSA) is 89.3 Å². The largest absolute Gasteiger partial charge is 0.416 e. The fraction of sp³-hybridized carbons (Fsp3) is 0.222. The van der Waals surface area contributed by atoms with Gasteiger partial charge >= 0.3 is 6.18 Å². The molecule has 1 aliphatic heterocycles. The first-order chi connectivity index (χ1) is 8.11. The molecule has 5 nitrogen and oxygen atoms in total. The standard InChI is InChI=1S/C9H7F3N2O3S/c10-9(11,12)4-1-5(13)8-6(2-4)14-7(15)3-18(8,16)17/h1-2H,3,13H2,(H,14,15). The van der Waals surface area contributed by atoms with E-state index in [2.05, 4.69) is 5.32 Å². The first kappa shape index (κ1) is 12.7. The summed E-state index contributed by atoms with van der Waals surface area (Å²) in [6.07, 6.45) is -4.67. The summed E-state index contributed by atoms with van der Waals surface area (Å²) in [6.45, 7) is 0. The maximum Gasteiger partial charge on any atom is 0.416 e. The molecule has 98 valence electrons. The van der Waals surface area contributed by atoms with Gasteiger partial charge in [0.2, 0.25) is 5.91 Å². The third-order valence-electron chi connectivity index (χ3n) is 2.35. The van der Waals surface area contributed by atoms with Gasteiger partial charge in [0.1, 0.15) is 10.6 Å². The molecular weight excluding hydrogens is 273 g/mol. The van der Waals surface area contributed by atoms with Crippen molar-refractivity contribution in [3.8, 4) is 0 Å². The van der Waals surface area contributed by atoms with Crippen molar-refractivity contribution in [2.45, 2.75) is 11.1 Å². The van der Waals surface area contributed by atoms with Crippen molar-refractivity contribution >= 4 is 27.1 Å². The first-order valence-corrected chi connectivity index (χ1v) is 6.30. The zero-order chi connectivity index (χ0) is 13.7. The summed E-state index contributed by atoms with van der Waals surface area (Å²) in [6, 6.07) is 1.09. The van der Waals surface area contributed by atoms with Crippen LogP contribution in [0.5, 0.6) is 0 Å². The van der Waals surface area contributed by atoms with E-state index in [-0.39, 0.29) is 0 Å². The maximum atomic E-state index is 12.5. The molecule has 0 spiro atoms. The smallest absolute Gasteiger partial charge is 0.398 e. The van der Waals surface area contributed by atoms with Crippen LogP contribution in [0.15, 0.2) is 17.0 Å². The van der Waals surface area contributed by atoms with Crippen molar-refractivity contribution in [3.05, 3.63) is 17.7 Å². The summed E-state index contributed by atoms with van der Waals surface area (Å²) in [7, 11) is -3.99. The highest BCUT2D eigenvalue weighted by atomic mass is 32.2. The van der Waals surface area contributed by atoms with Gasteiger partial charge in [-0.3, -0.25) is 4.79 Å². The van der Waals surface area contributed by atoms with Gasteiger partial charge < -0.3 is 11.1 Å². The number of sulfone groups is 1. The van der Waals surface area contributed by atoms with Crippen molar-refractivity contribution in [3.63, 3.8) is 0 Å². The second kappa shape index (κ2) is 3.61. The molecule has 1 aromatic rings. The Labute approximate surface area is 99.7 Å². The molecule has 0 saturated heterocycles. The Morgan fingerprint density at radius 2 is 1.89 bits per heavy atom.